The molecule has 0 radical (unpaired) electrons. The number of amides is 1. The minimum absolute atomic E-state index is 0. The van der Waals surface area contributed by atoms with E-state index in [-0.39, 0.29) is 30.4 Å². The highest BCUT2D eigenvalue weighted by molar-refractivity contribution is 5.85. The molecule has 2 rings (SSSR count). The van der Waals surface area contributed by atoms with Crippen LogP contribution in [0.25, 0.3) is 0 Å². The first-order valence-electron chi connectivity index (χ1n) is 6.88. The van der Waals surface area contributed by atoms with E-state index in [0.717, 1.165) is 38.8 Å². The number of nitrogens with zero attached hydrogens (tertiary/aromatic N) is 1. The van der Waals surface area contributed by atoms with Gasteiger partial charge in [0.1, 0.15) is 0 Å². The second kappa shape index (κ2) is 6.73. The summed E-state index contributed by atoms with van der Waals surface area (Å²) in [5.74, 6) is 0.830. The molecule has 0 aromatic rings. The third kappa shape index (κ3) is 4.11. The average molecular weight is 276 g/mol. The van der Waals surface area contributed by atoms with Crippen molar-refractivity contribution in [1.29, 1.82) is 0 Å². The number of nitrogens with one attached hydrogen (secondary N) is 1. The standard InChI is InChI=1S/C13H25N3O.ClH/c1-9(14)11-5-7-16(8-6-11)10(2)13(17)15-12-3-4-12;/h9-12H,3-8,14H2,1-2H3,(H,15,17);1H. The predicted molar refractivity (Wildman–Crippen MR) is 75.8 cm³/mol. The summed E-state index contributed by atoms with van der Waals surface area (Å²) in [4.78, 5) is 14.2. The van der Waals surface area contributed by atoms with Crippen molar-refractivity contribution in [1.82, 2.24) is 10.2 Å². The lowest BCUT2D eigenvalue weighted by atomic mass is 9.90. The average Bonchev–Trinajstić information content (AvgIpc) is 3.12. The lowest BCUT2D eigenvalue weighted by Crippen LogP contribution is -2.50. The van der Waals surface area contributed by atoms with Crippen LogP contribution in [0.15, 0.2) is 0 Å². The number of piperidine rings is 1. The van der Waals surface area contributed by atoms with Crippen LogP contribution in [-0.2, 0) is 4.79 Å². The Bertz CT molecular complexity index is 273. The molecule has 0 spiro atoms. The predicted octanol–water partition coefficient (Wildman–Crippen LogP) is 1.13. The topological polar surface area (TPSA) is 58.4 Å². The summed E-state index contributed by atoms with van der Waals surface area (Å²) in [5.41, 5.74) is 5.92. The zero-order valence-corrected chi connectivity index (χ0v) is 12.2. The first kappa shape index (κ1) is 15.7. The van der Waals surface area contributed by atoms with Crippen LogP contribution in [0.2, 0.25) is 0 Å². The summed E-state index contributed by atoms with van der Waals surface area (Å²) in [6, 6.07) is 0.768. The summed E-state index contributed by atoms with van der Waals surface area (Å²) in [5, 5.41) is 3.08. The number of likely N-dealkylation sites (tertiary alicyclic amines) is 1. The fourth-order valence-corrected chi connectivity index (χ4v) is 2.55. The molecular formula is C13H26ClN3O. The van der Waals surface area contributed by atoms with Gasteiger partial charge in [-0.1, -0.05) is 0 Å². The van der Waals surface area contributed by atoms with E-state index in [1.807, 2.05) is 6.92 Å². The molecule has 1 aliphatic carbocycles. The van der Waals surface area contributed by atoms with Gasteiger partial charge in [0.05, 0.1) is 6.04 Å². The maximum absolute atomic E-state index is 11.9. The van der Waals surface area contributed by atoms with Gasteiger partial charge in [0.15, 0.2) is 0 Å². The number of nitrogens with two attached hydrogens (primary N) is 1. The Morgan fingerprint density at radius 3 is 2.22 bits per heavy atom. The number of hydrogen-bond acceptors (Lipinski definition) is 3. The van der Waals surface area contributed by atoms with Gasteiger partial charge in [-0.2, -0.15) is 0 Å². The number of halogens is 1. The first-order valence-corrected chi connectivity index (χ1v) is 6.88. The number of carbonyl (C=O) groups excluding carboxylic acids is 1. The largest absolute Gasteiger partial charge is 0.352 e. The molecule has 2 fully saturated rings. The Balaban J connectivity index is 0.00000162. The van der Waals surface area contributed by atoms with Gasteiger partial charge in [0.25, 0.3) is 0 Å². The quantitative estimate of drug-likeness (QED) is 0.809. The fourth-order valence-electron chi connectivity index (χ4n) is 2.55. The Labute approximate surface area is 116 Å². The smallest absolute Gasteiger partial charge is 0.237 e. The van der Waals surface area contributed by atoms with E-state index >= 15 is 0 Å². The van der Waals surface area contributed by atoms with Crippen molar-refractivity contribution in [2.75, 3.05) is 13.1 Å². The molecule has 1 amide bonds. The molecule has 0 aromatic heterocycles. The van der Waals surface area contributed by atoms with Crippen LogP contribution in [0.4, 0.5) is 0 Å². The van der Waals surface area contributed by atoms with Crippen molar-refractivity contribution in [3.05, 3.63) is 0 Å². The Hall–Kier alpha value is -0.320. The highest BCUT2D eigenvalue weighted by Gasteiger charge is 2.30. The molecule has 1 saturated heterocycles. The summed E-state index contributed by atoms with van der Waals surface area (Å²) in [6.45, 7) is 6.12. The molecule has 106 valence electrons. The van der Waals surface area contributed by atoms with E-state index < -0.39 is 0 Å². The molecule has 1 heterocycles. The van der Waals surface area contributed by atoms with Gasteiger partial charge in [-0.25, -0.2) is 0 Å². The Morgan fingerprint density at radius 2 is 1.78 bits per heavy atom. The Kier molecular flexibility index (Phi) is 5.89. The summed E-state index contributed by atoms with van der Waals surface area (Å²) in [6.07, 6.45) is 4.56. The van der Waals surface area contributed by atoms with Crippen LogP contribution in [0.3, 0.4) is 0 Å². The highest BCUT2D eigenvalue weighted by atomic mass is 35.5. The molecule has 5 heteroatoms. The molecule has 3 N–H and O–H groups in total. The second-order valence-corrected chi connectivity index (χ2v) is 5.69. The van der Waals surface area contributed by atoms with E-state index in [0.29, 0.717) is 12.0 Å². The molecule has 2 atom stereocenters. The maximum Gasteiger partial charge on any atom is 0.237 e. The molecular weight excluding hydrogens is 250 g/mol. The zero-order chi connectivity index (χ0) is 12.4. The normalized spacial score (nSPS) is 25.1. The SMILES string of the molecule is CC(N)C1CCN(C(C)C(=O)NC2CC2)CC1.Cl. The first-order chi connectivity index (χ1) is 8.08. The van der Waals surface area contributed by atoms with Crippen LogP contribution >= 0.6 is 12.4 Å². The van der Waals surface area contributed by atoms with Crippen molar-refractivity contribution in [3.63, 3.8) is 0 Å². The fraction of sp³-hybridized carbons (Fsp3) is 0.923. The van der Waals surface area contributed by atoms with Crippen molar-refractivity contribution in [2.45, 2.75) is 57.7 Å². The van der Waals surface area contributed by atoms with Crippen molar-refractivity contribution >= 4 is 18.3 Å². The van der Waals surface area contributed by atoms with Crippen LogP contribution in [-0.4, -0.2) is 42.0 Å². The molecule has 4 nitrogen and oxygen atoms in total. The van der Waals surface area contributed by atoms with Gasteiger partial charge >= 0.3 is 0 Å². The van der Waals surface area contributed by atoms with Crippen molar-refractivity contribution < 1.29 is 4.79 Å². The molecule has 0 bridgehead atoms. The monoisotopic (exact) mass is 275 g/mol. The molecule has 18 heavy (non-hydrogen) atoms. The van der Waals surface area contributed by atoms with Gasteiger partial charge in [-0.15, -0.1) is 12.4 Å². The molecule has 1 aliphatic heterocycles. The van der Waals surface area contributed by atoms with Gasteiger partial charge in [0, 0.05) is 12.1 Å². The van der Waals surface area contributed by atoms with Crippen LogP contribution in [0, 0.1) is 5.92 Å². The molecule has 2 aliphatic rings. The van der Waals surface area contributed by atoms with Crippen LogP contribution < -0.4 is 11.1 Å². The summed E-state index contributed by atoms with van der Waals surface area (Å²) in [7, 11) is 0. The van der Waals surface area contributed by atoms with Crippen LogP contribution in [0.5, 0.6) is 0 Å². The van der Waals surface area contributed by atoms with Crippen LogP contribution in [0.1, 0.15) is 39.5 Å². The van der Waals surface area contributed by atoms with Gasteiger partial charge in [-0.05, 0) is 58.5 Å². The highest BCUT2D eigenvalue weighted by Crippen LogP contribution is 2.22. The second-order valence-electron chi connectivity index (χ2n) is 5.69. The van der Waals surface area contributed by atoms with E-state index in [1.165, 1.54) is 0 Å². The lowest BCUT2D eigenvalue weighted by Gasteiger charge is -2.36. The molecule has 0 aromatic carbocycles. The summed E-state index contributed by atoms with van der Waals surface area (Å²) >= 11 is 0. The number of carbonyl (C=O) groups is 1. The van der Waals surface area contributed by atoms with Gasteiger partial charge < -0.3 is 11.1 Å². The summed E-state index contributed by atoms with van der Waals surface area (Å²) < 4.78 is 0. The van der Waals surface area contributed by atoms with E-state index in [2.05, 4.69) is 17.1 Å². The number of rotatable bonds is 4. The molecule has 2 unspecified atom stereocenters. The maximum atomic E-state index is 11.9. The van der Waals surface area contributed by atoms with Crippen molar-refractivity contribution in [3.8, 4) is 0 Å². The van der Waals surface area contributed by atoms with E-state index in [4.69, 9.17) is 5.73 Å². The zero-order valence-electron chi connectivity index (χ0n) is 11.4. The Morgan fingerprint density at radius 1 is 1.22 bits per heavy atom. The van der Waals surface area contributed by atoms with E-state index in [9.17, 15) is 4.79 Å². The third-order valence-electron chi connectivity index (χ3n) is 4.17. The number of hydrogen-bond donors (Lipinski definition) is 2. The minimum atomic E-state index is 0. The minimum Gasteiger partial charge on any atom is -0.352 e. The molecule has 1 saturated carbocycles. The van der Waals surface area contributed by atoms with Crippen molar-refractivity contribution in [2.24, 2.45) is 11.7 Å². The van der Waals surface area contributed by atoms with Gasteiger partial charge in [0.2, 0.25) is 5.91 Å². The third-order valence-corrected chi connectivity index (χ3v) is 4.17. The lowest BCUT2D eigenvalue weighted by molar-refractivity contribution is -0.126. The van der Waals surface area contributed by atoms with E-state index in [1.54, 1.807) is 0 Å². The van der Waals surface area contributed by atoms with Gasteiger partial charge in [-0.3, -0.25) is 9.69 Å².